The smallest absolute Gasteiger partial charge is 0.343 e. The second-order valence-electron chi connectivity index (χ2n) is 6.75. The molecule has 7 nitrogen and oxygen atoms in total. The summed E-state index contributed by atoms with van der Waals surface area (Å²) in [6, 6.07) is 15.2. The number of nitro groups is 1. The van der Waals surface area contributed by atoms with Gasteiger partial charge in [0.25, 0.3) is 5.69 Å². The Morgan fingerprint density at radius 2 is 1.87 bits per heavy atom. The Kier molecular flexibility index (Phi) is 5.27. The van der Waals surface area contributed by atoms with Gasteiger partial charge in [-0.1, -0.05) is 17.7 Å². The Bertz CT molecular complexity index is 1260. The molecule has 0 aromatic heterocycles. The van der Waals surface area contributed by atoms with Crippen molar-refractivity contribution in [2.75, 3.05) is 0 Å². The van der Waals surface area contributed by atoms with Crippen LogP contribution in [0.4, 0.5) is 5.69 Å². The van der Waals surface area contributed by atoms with Crippen LogP contribution in [-0.2, 0) is 0 Å². The van der Waals surface area contributed by atoms with Crippen molar-refractivity contribution in [2.24, 2.45) is 0 Å². The molecule has 0 bridgehead atoms. The molecule has 0 aliphatic carbocycles. The Labute approximate surface area is 181 Å². The standard InChI is InChI=1S/C23H14ClNO6/c1-13-19(31-23(27)15-3-2-4-16(24)12-15)10-9-18-21(26)20(30-22(13)18)11-14-5-7-17(8-6-14)25(28)29/h2-12H,1H3/b20-11-. The third-order valence-corrected chi connectivity index (χ3v) is 4.94. The highest BCUT2D eigenvalue weighted by Gasteiger charge is 2.30. The van der Waals surface area contributed by atoms with Crippen LogP contribution in [0, 0.1) is 17.0 Å². The van der Waals surface area contributed by atoms with Crippen molar-refractivity contribution < 1.29 is 24.0 Å². The van der Waals surface area contributed by atoms with Gasteiger partial charge in [-0.05, 0) is 61.0 Å². The van der Waals surface area contributed by atoms with Crippen molar-refractivity contribution in [3.05, 3.63) is 104 Å². The van der Waals surface area contributed by atoms with Crippen LogP contribution in [0.2, 0.25) is 5.02 Å². The lowest BCUT2D eigenvalue weighted by molar-refractivity contribution is -0.384. The molecule has 0 atom stereocenters. The molecular weight excluding hydrogens is 422 g/mol. The fourth-order valence-electron chi connectivity index (χ4n) is 3.10. The SMILES string of the molecule is Cc1c(OC(=O)c2cccc(Cl)c2)ccc2c1O/C(=C\c1ccc([N+](=O)[O-])cc1)C2=O. The van der Waals surface area contributed by atoms with Gasteiger partial charge in [-0.2, -0.15) is 0 Å². The summed E-state index contributed by atoms with van der Waals surface area (Å²) >= 11 is 5.92. The van der Waals surface area contributed by atoms with Crippen molar-refractivity contribution in [1.82, 2.24) is 0 Å². The van der Waals surface area contributed by atoms with Gasteiger partial charge in [0.2, 0.25) is 5.78 Å². The average molecular weight is 436 g/mol. The summed E-state index contributed by atoms with van der Waals surface area (Å²) in [5.74, 6) is -0.284. The summed E-state index contributed by atoms with van der Waals surface area (Å²) in [5, 5.41) is 11.2. The molecule has 0 saturated heterocycles. The molecule has 3 aromatic carbocycles. The number of rotatable bonds is 4. The number of hydrogen-bond acceptors (Lipinski definition) is 6. The maximum Gasteiger partial charge on any atom is 0.343 e. The molecule has 154 valence electrons. The molecule has 0 N–H and O–H groups in total. The minimum Gasteiger partial charge on any atom is -0.452 e. The Morgan fingerprint density at radius 1 is 1.13 bits per heavy atom. The van der Waals surface area contributed by atoms with Gasteiger partial charge >= 0.3 is 5.97 Å². The Balaban J connectivity index is 1.59. The van der Waals surface area contributed by atoms with Gasteiger partial charge in [-0.15, -0.1) is 0 Å². The highest BCUT2D eigenvalue weighted by atomic mass is 35.5. The van der Waals surface area contributed by atoms with Crippen LogP contribution in [0.3, 0.4) is 0 Å². The van der Waals surface area contributed by atoms with Crippen LogP contribution in [0.15, 0.2) is 66.4 Å². The molecule has 8 heteroatoms. The van der Waals surface area contributed by atoms with E-state index >= 15 is 0 Å². The lowest BCUT2D eigenvalue weighted by atomic mass is 10.1. The number of ether oxygens (including phenoxy) is 2. The van der Waals surface area contributed by atoms with Crippen LogP contribution in [0.1, 0.15) is 31.8 Å². The first-order valence-corrected chi connectivity index (χ1v) is 9.51. The number of halogens is 1. The summed E-state index contributed by atoms with van der Waals surface area (Å²) in [7, 11) is 0. The highest BCUT2D eigenvalue weighted by Crippen LogP contribution is 2.39. The number of carbonyl (C=O) groups is 2. The number of ketones is 1. The highest BCUT2D eigenvalue weighted by molar-refractivity contribution is 6.30. The molecule has 3 aromatic rings. The molecule has 0 radical (unpaired) electrons. The lowest BCUT2D eigenvalue weighted by Crippen LogP contribution is -2.09. The minimum atomic E-state index is -0.587. The van der Waals surface area contributed by atoms with E-state index in [1.54, 1.807) is 25.1 Å². The van der Waals surface area contributed by atoms with Gasteiger partial charge in [0.05, 0.1) is 16.1 Å². The maximum absolute atomic E-state index is 12.7. The van der Waals surface area contributed by atoms with Crippen molar-refractivity contribution in [1.29, 1.82) is 0 Å². The molecule has 0 spiro atoms. The zero-order valence-electron chi connectivity index (χ0n) is 16.1. The molecule has 31 heavy (non-hydrogen) atoms. The zero-order valence-corrected chi connectivity index (χ0v) is 16.9. The predicted molar refractivity (Wildman–Crippen MR) is 114 cm³/mol. The van der Waals surface area contributed by atoms with Crippen LogP contribution in [0.5, 0.6) is 11.5 Å². The van der Waals surface area contributed by atoms with Crippen molar-refractivity contribution in [3.8, 4) is 11.5 Å². The normalized spacial score (nSPS) is 13.6. The molecule has 1 aliphatic rings. The first kappa shape index (κ1) is 20.3. The molecule has 1 aliphatic heterocycles. The number of fused-ring (bicyclic) bond motifs is 1. The van der Waals surface area contributed by atoms with Gasteiger partial charge in [0.1, 0.15) is 11.5 Å². The number of nitro benzene ring substituents is 1. The number of esters is 1. The Morgan fingerprint density at radius 3 is 2.55 bits per heavy atom. The monoisotopic (exact) mass is 435 g/mol. The fraction of sp³-hybridized carbons (Fsp3) is 0.0435. The van der Waals surface area contributed by atoms with Crippen molar-refractivity contribution in [3.63, 3.8) is 0 Å². The lowest BCUT2D eigenvalue weighted by Gasteiger charge is -2.10. The molecule has 0 unspecified atom stereocenters. The van der Waals surface area contributed by atoms with E-state index in [-0.39, 0.29) is 23.0 Å². The zero-order chi connectivity index (χ0) is 22.1. The number of non-ortho nitro benzene ring substituents is 1. The van der Waals surface area contributed by atoms with Gasteiger partial charge < -0.3 is 9.47 Å². The first-order chi connectivity index (χ1) is 14.8. The van der Waals surface area contributed by atoms with Gasteiger partial charge in [0.15, 0.2) is 5.76 Å². The van der Waals surface area contributed by atoms with Crippen LogP contribution >= 0.6 is 11.6 Å². The quantitative estimate of drug-likeness (QED) is 0.179. The van der Waals surface area contributed by atoms with Crippen LogP contribution < -0.4 is 9.47 Å². The third-order valence-electron chi connectivity index (χ3n) is 4.70. The summed E-state index contributed by atoms with van der Waals surface area (Å²) < 4.78 is 11.2. The molecule has 0 saturated carbocycles. The first-order valence-electron chi connectivity index (χ1n) is 9.13. The van der Waals surface area contributed by atoms with E-state index in [1.165, 1.54) is 48.5 Å². The number of Topliss-reactive ketones (excluding diaryl/α,β-unsaturated/α-hetero) is 1. The molecular formula is C23H14ClNO6. The van der Waals surface area contributed by atoms with Crippen LogP contribution in [0.25, 0.3) is 6.08 Å². The second kappa shape index (κ2) is 8.04. The van der Waals surface area contributed by atoms with E-state index in [1.807, 2.05) is 0 Å². The van der Waals surface area contributed by atoms with E-state index in [4.69, 9.17) is 21.1 Å². The van der Waals surface area contributed by atoms with E-state index < -0.39 is 10.9 Å². The largest absolute Gasteiger partial charge is 0.452 e. The number of allylic oxidation sites excluding steroid dienone is 1. The molecule has 0 amide bonds. The van der Waals surface area contributed by atoms with E-state index in [2.05, 4.69) is 0 Å². The predicted octanol–water partition coefficient (Wildman–Crippen LogP) is 5.39. The van der Waals surface area contributed by atoms with Crippen molar-refractivity contribution >= 4 is 35.1 Å². The van der Waals surface area contributed by atoms with E-state index in [9.17, 15) is 19.7 Å². The number of carbonyl (C=O) groups excluding carboxylic acids is 2. The average Bonchev–Trinajstić information content (AvgIpc) is 3.06. The number of benzene rings is 3. The fourth-order valence-corrected chi connectivity index (χ4v) is 3.29. The molecule has 1 heterocycles. The summed E-state index contributed by atoms with van der Waals surface area (Å²) in [5.41, 5.74) is 1.66. The summed E-state index contributed by atoms with van der Waals surface area (Å²) in [6.07, 6.45) is 1.50. The molecule has 4 rings (SSSR count). The third kappa shape index (κ3) is 4.04. The van der Waals surface area contributed by atoms with Crippen molar-refractivity contribution in [2.45, 2.75) is 6.92 Å². The number of nitrogens with zero attached hydrogens (tertiary/aromatic N) is 1. The van der Waals surface area contributed by atoms with E-state index in [0.717, 1.165) is 0 Å². The second-order valence-corrected chi connectivity index (χ2v) is 7.19. The van der Waals surface area contributed by atoms with Gasteiger partial charge in [-0.3, -0.25) is 14.9 Å². The molecule has 0 fully saturated rings. The van der Waals surface area contributed by atoms with Crippen LogP contribution in [-0.4, -0.2) is 16.7 Å². The maximum atomic E-state index is 12.7. The summed E-state index contributed by atoms with van der Waals surface area (Å²) in [6.45, 7) is 1.68. The number of hydrogen-bond donors (Lipinski definition) is 0. The van der Waals surface area contributed by atoms with Gasteiger partial charge in [0, 0.05) is 22.7 Å². The van der Waals surface area contributed by atoms with Gasteiger partial charge in [-0.25, -0.2) is 4.79 Å². The topological polar surface area (TPSA) is 95.7 Å². The van der Waals surface area contributed by atoms with E-state index in [0.29, 0.717) is 33.0 Å². The minimum absolute atomic E-state index is 0.0499. The summed E-state index contributed by atoms with van der Waals surface area (Å²) in [4.78, 5) is 35.4. The Hall–Kier alpha value is -3.97.